The summed E-state index contributed by atoms with van der Waals surface area (Å²) >= 11 is 0. The number of hydrogen-bond acceptors (Lipinski definition) is 1. The van der Waals surface area contributed by atoms with Crippen molar-refractivity contribution in [3.05, 3.63) is 80.6 Å². The molecule has 3 N–H and O–H groups in total. The molecule has 0 unspecified atom stereocenters. The zero-order chi connectivity index (χ0) is 19.7. The summed E-state index contributed by atoms with van der Waals surface area (Å²) in [6, 6.07) is 14.9. The maximum Gasteiger partial charge on any atom is 0.198 e. The summed E-state index contributed by atoms with van der Waals surface area (Å²) in [7, 11) is 0. The second kappa shape index (κ2) is 7.90. The topological polar surface area (TPSA) is 41.7 Å². The SMILES string of the molecule is Cc1cc(C)c2c(=O)c(C[NH+]3CC[NH+](Cc4ccccc4)CC3)c(C)[nH]c2c1. The third-order valence-electron chi connectivity index (χ3n) is 6.14. The third-order valence-corrected chi connectivity index (χ3v) is 6.14. The molecule has 2 heterocycles. The molecule has 0 bridgehead atoms. The van der Waals surface area contributed by atoms with Gasteiger partial charge in [0.25, 0.3) is 0 Å². The van der Waals surface area contributed by atoms with E-state index in [1.54, 1.807) is 4.90 Å². The summed E-state index contributed by atoms with van der Waals surface area (Å²) in [5, 5.41) is 0.860. The highest BCUT2D eigenvalue weighted by molar-refractivity contribution is 5.83. The Morgan fingerprint density at radius 1 is 0.893 bits per heavy atom. The molecular formula is C24H31N3O+2. The summed E-state index contributed by atoms with van der Waals surface area (Å²) in [6.45, 7) is 12.6. The van der Waals surface area contributed by atoms with E-state index in [0.29, 0.717) is 0 Å². The van der Waals surface area contributed by atoms with Crippen molar-refractivity contribution >= 4 is 10.9 Å². The number of aryl methyl sites for hydroxylation is 3. The number of aromatic nitrogens is 1. The number of fused-ring (bicyclic) bond motifs is 1. The van der Waals surface area contributed by atoms with E-state index in [2.05, 4.69) is 54.4 Å². The van der Waals surface area contributed by atoms with Gasteiger partial charge in [-0.05, 0) is 38.0 Å². The van der Waals surface area contributed by atoms with Crippen LogP contribution in [-0.2, 0) is 13.1 Å². The fourth-order valence-corrected chi connectivity index (χ4v) is 4.62. The summed E-state index contributed by atoms with van der Waals surface area (Å²) in [6.07, 6.45) is 0. The lowest BCUT2D eigenvalue weighted by Gasteiger charge is -2.30. The molecule has 0 aliphatic carbocycles. The molecule has 146 valence electrons. The third kappa shape index (κ3) is 3.89. The van der Waals surface area contributed by atoms with Crippen molar-refractivity contribution < 1.29 is 9.80 Å². The van der Waals surface area contributed by atoms with E-state index in [-0.39, 0.29) is 5.43 Å². The predicted molar refractivity (Wildman–Crippen MR) is 114 cm³/mol. The average molecular weight is 378 g/mol. The van der Waals surface area contributed by atoms with Gasteiger partial charge in [0.05, 0.1) is 11.1 Å². The number of pyridine rings is 1. The van der Waals surface area contributed by atoms with E-state index in [1.807, 2.05) is 13.8 Å². The molecule has 4 nitrogen and oxygen atoms in total. The maximum absolute atomic E-state index is 13.2. The lowest BCUT2D eigenvalue weighted by molar-refractivity contribution is -1.02. The Balaban J connectivity index is 1.48. The predicted octanol–water partition coefficient (Wildman–Crippen LogP) is 0.937. The van der Waals surface area contributed by atoms with Gasteiger partial charge in [-0.1, -0.05) is 36.4 Å². The van der Waals surface area contributed by atoms with Crippen LogP contribution in [0.4, 0.5) is 0 Å². The highest BCUT2D eigenvalue weighted by Gasteiger charge is 2.25. The molecule has 1 aliphatic rings. The van der Waals surface area contributed by atoms with Crippen molar-refractivity contribution in [2.24, 2.45) is 0 Å². The van der Waals surface area contributed by atoms with Gasteiger partial charge in [0, 0.05) is 16.6 Å². The number of quaternary nitrogens is 2. The van der Waals surface area contributed by atoms with Crippen molar-refractivity contribution in [3.63, 3.8) is 0 Å². The molecule has 0 spiro atoms. The van der Waals surface area contributed by atoms with Gasteiger partial charge in [-0.15, -0.1) is 0 Å². The largest absolute Gasteiger partial charge is 0.358 e. The number of hydrogen-bond donors (Lipinski definition) is 3. The second-order valence-corrected chi connectivity index (χ2v) is 8.40. The molecule has 28 heavy (non-hydrogen) atoms. The van der Waals surface area contributed by atoms with Crippen LogP contribution in [0, 0.1) is 20.8 Å². The Kier molecular flexibility index (Phi) is 5.33. The zero-order valence-electron chi connectivity index (χ0n) is 17.2. The quantitative estimate of drug-likeness (QED) is 0.622. The zero-order valence-corrected chi connectivity index (χ0v) is 17.2. The van der Waals surface area contributed by atoms with Gasteiger partial charge < -0.3 is 14.8 Å². The highest BCUT2D eigenvalue weighted by atomic mass is 16.1. The first-order valence-corrected chi connectivity index (χ1v) is 10.3. The summed E-state index contributed by atoms with van der Waals surface area (Å²) < 4.78 is 0. The number of nitrogens with one attached hydrogen (secondary N) is 3. The molecule has 4 rings (SSSR count). The summed E-state index contributed by atoms with van der Waals surface area (Å²) in [5.74, 6) is 0. The molecular weight excluding hydrogens is 346 g/mol. The van der Waals surface area contributed by atoms with E-state index >= 15 is 0 Å². The Morgan fingerprint density at radius 3 is 2.21 bits per heavy atom. The highest BCUT2D eigenvalue weighted by Crippen LogP contribution is 2.17. The van der Waals surface area contributed by atoms with Crippen LogP contribution in [-0.4, -0.2) is 31.2 Å². The lowest BCUT2D eigenvalue weighted by Crippen LogP contribution is -3.27. The van der Waals surface area contributed by atoms with Crippen molar-refractivity contribution in [3.8, 4) is 0 Å². The van der Waals surface area contributed by atoms with E-state index in [4.69, 9.17) is 0 Å². The van der Waals surface area contributed by atoms with Gasteiger partial charge in [-0.2, -0.15) is 0 Å². The first-order valence-electron chi connectivity index (χ1n) is 10.3. The average Bonchev–Trinajstić information content (AvgIpc) is 2.66. The standard InChI is InChI=1S/C24H29N3O/c1-17-13-18(2)23-22(14-17)25-19(3)21(24(23)28)16-27-11-9-26(10-12-27)15-20-7-5-4-6-8-20/h4-8,13-14H,9-12,15-16H2,1-3H3,(H,25,28)/p+2. The van der Waals surface area contributed by atoms with Crippen LogP contribution in [0.5, 0.6) is 0 Å². The minimum atomic E-state index is 0.218. The molecule has 1 saturated heterocycles. The van der Waals surface area contributed by atoms with Crippen molar-refractivity contribution in [2.75, 3.05) is 26.2 Å². The number of rotatable bonds is 4. The van der Waals surface area contributed by atoms with Crippen LogP contribution in [0.15, 0.2) is 47.3 Å². The van der Waals surface area contributed by atoms with Gasteiger partial charge in [-0.25, -0.2) is 0 Å². The number of benzene rings is 2. The smallest absolute Gasteiger partial charge is 0.198 e. The van der Waals surface area contributed by atoms with E-state index < -0.39 is 0 Å². The number of H-pyrrole nitrogens is 1. The van der Waals surface area contributed by atoms with Crippen LogP contribution >= 0.6 is 0 Å². The van der Waals surface area contributed by atoms with Gasteiger partial charge in [-0.3, -0.25) is 4.79 Å². The maximum atomic E-state index is 13.2. The second-order valence-electron chi connectivity index (χ2n) is 8.40. The summed E-state index contributed by atoms with van der Waals surface area (Å²) in [4.78, 5) is 19.9. The van der Waals surface area contributed by atoms with E-state index in [1.165, 1.54) is 16.0 Å². The van der Waals surface area contributed by atoms with Crippen LogP contribution in [0.25, 0.3) is 10.9 Å². The number of piperazine rings is 1. The fourth-order valence-electron chi connectivity index (χ4n) is 4.62. The number of aromatic amines is 1. The minimum Gasteiger partial charge on any atom is -0.358 e. The molecule has 2 aromatic carbocycles. The molecule has 1 aliphatic heterocycles. The Bertz CT molecular complexity index is 1030. The normalized spacial score (nSPS) is 19.8. The molecule has 0 atom stereocenters. The Morgan fingerprint density at radius 2 is 1.54 bits per heavy atom. The molecule has 1 aromatic heterocycles. The van der Waals surface area contributed by atoms with Gasteiger partial charge in [0.15, 0.2) is 5.43 Å². The molecule has 4 heteroatoms. The van der Waals surface area contributed by atoms with Crippen LogP contribution in [0.3, 0.4) is 0 Å². The summed E-state index contributed by atoms with van der Waals surface area (Å²) in [5.41, 5.74) is 6.84. The van der Waals surface area contributed by atoms with Crippen LogP contribution < -0.4 is 15.2 Å². The molecule has 0 radical (unpaired) electrons. The molecule has 0 amide bonds. The lowest BCUT2D eigenvalue weighted by atomic mass is 10.0. The van der Waals surface area contributed by atoms with Gasteiger partial charge in [0.2, 0.25) is 0 Å². The van der Waals surface area contributed by atoms with Crippen molar-refractivity contribution in [1.82, 2.24) is 4.98 Å². The van der Waals surface area contributed by atoms with Gasteiger partial charge >= 0.3 is 0 Å². The monoisotopic (exact) mass is 377 g/mol. The van der Waals surface area contributed by atoms with E-state index in [9.17, 15) is 4.79 Å². The molecule has 0 saturated carbocycles. The van der Waals surface area contributed by atoms with Crippen LogP contribution in [0.2, 0.25) is 0 Å². The van der Waals surface area contributed by atoms with Gasteiger partial charge in [0.1, 0.15) is 39.3 Å². The fraction of sp³-hybridized carbons (Fsp3) is 0.375. The van der Waals surface area contributed by atoms with E-state index in [0.717, 1.165) is 67.0 Å². The molecule has 1 fully saturated rings. The molecule has 3 aromatic rings. The van der Waals surface area contributed by atoms with Crippen LogP contribution in [0.1, 0.15) is 27.9 Å². The minimum absolute atomic E-state index is 0.218. The van der Waals surface area contributed by atoms with Crippen molar-refractivity contribution in [1.29, 1.82) is 0 Å². The Labute approximate surface area is 166 Å². The van der Waals surface area contributed by atoms with Crippen molar-refractivity contribution in [2.45, 2.75) is 33.9 Å². The Hall–Kier alpha value is -2.43. The first kappa shape index (κ1) is 18.9. The first-order chi connectivity index (χ1) is 13.5.